The second-order valence-corrected chi connectivity index (χ2v) is 6.18. The quantitative estimate of drug-likeness (QED) is 0.854. The first-order chi connectivity index (χ1) is 12.0. The van der Waals surface area contributed by atoms with Gasteiger partial charge in [-0.1, -0.05) is 42.5 Å². The lowest BCUT2D eigenvalue weighted by Gasteiger charge is -2.15. The zero-order valence-corrected chi connectivity index (χ0v) is 14.1. The average Bonchev–Trinajstić information content (AvgIpc) is 2.95. The minimum absolute atomic E-state index is 0.0896. The molecular weight excluding hydrogens is 316 g/mol. The Labute approximate surface area is 146 Å². The molecule has 5 nitrogen and oxygen atoms in total. The summed E-state index contributed by atoms with van der Waals surface area (Å²) in [4.78, 5) is 37.0. The van der Waals surface area contributed by atoms with Crippen LogP contribution in [0, 0.1) is 0 Å². The van der Waals surface area contributed by atoms with E-state index in [1.807, 2.05) is 37.3 Å². The van der Waals surface area contributed by atoms with Crippen LogP contribution < -0.4 is 5.32 Å². The zero-order chi connectivity index (χ0) is 17.8. The van der Waals surface area contributed by atoms with Gasteiger partial charge in [-0.25, -0.2) is 0 Å². The molecule has 1 saturated heterocycles. The van der Waals surface area contributed by atoms with E-state index in [1.54, 1.807) is 24.3 Å². The second-order valence-electron chi connectivity index (χ2n) is 6.18. The van der Waals surface area contributed by atoms with Crippen LogP contribution in [0.2, 0.25) is 0 Å². The third-order valence-electron chi connectivity index (χ3n) is 4.36. The fourth-order valence-electron chi connectivity index (χ4n) is 2.85. The van der Waals surface area contributed by atoms with Gasteiger partial charge in [-0.3, -0.25) is 19.3 Å². The van der Waals surface area contributed by atoms with Crippen LogP contribution in [-0.2, 0) is 16.1 Å². The van der Waals surface area contributed by atoms with Gasteiger partial charge in [0.15, 0.2) is 0 Å². The van der Waals surface area contributed by atoms with Crippen LogP contribution in [-0.4, -0.2) is 22.6 Å². The summed E-state index contributed by atoms with van der Waals surface area (Å²) < 4.78 is 0. The number of imide groups is 1. The van der Waals surface area contributed by atoms with E-state index in [2.05, 4.69) is 5.32 Å². The molecule has 1 aliphatic heterocycles. The van der Waals surface area contributed by atoms with Gasteiger partial charge in [-0.15, -0.1) is 0 Å². The van der Waals surface area contributed by atoms with Crippen molar-refractivity contribution in [2.75, 3.05) is 0 Å². The molecule has 1 aliphatic rings. The first-order valence-corrected chi connectivity index (χ1v) is 8.32. The van der Waals surface area contributed by atoms with Crippen LogP contribution in [0.1, 0.15) is 47.3 Å². The minimum atomic E-state index is -0.156. The minimum Gasteiger partial charge on any atom is -0.346 e. The molecule has 2 aromatic carbocycles. The van der Waals surface area contributed by atoms with Gasteiger partial charge in [0.25, 0.3) is 5.91 Å². The Balaban J connectivity index is 1.62. The Morgan fingerprint density at radius 2 is 1.60 bits per heavy atom. The number of benzene rings is 2. The predicted octanol–water partition coefficient (Wildman–Crippen LogP) is 2.83. The molecule has 3 amide bonds. The largest absolute Gasteiger partial charge is 0.346 e. The van der Waals surface area contributed by atoms with Crippen molar-refractivity contribution < 1.29 is 14.4 Å². The topological polar surface area (TPSA) is 66.5 Å². The number of hydrogen-bond donors (Lipinski definition) is 1. The van der Waals surface area contributed by atoms with Crippen LogP contribution in [0.15, 0.2) is 54.6 Å². The highest BCUT2D eigenvalue weighted by atomic mass is 16.2. The molecule has 0 saturated carbocycles. The average molecular weight is 336 g/mol. The Hall–Kier alpha value is -2.95. The van der Waals surface area contributed by atoms with E-state index in [-0.39, 0.29) is 43.1 Å². The molecule has 3 rings (SSSR count). The number of nitrogens with one attached hydrogen (secondary N) is 1. The van der Waals surface area contributed by atoms with Gasteiger partial charge in [-0.05, 0) is 30.2 Å². The van der Waals surface area contributed by atoms with Gasteiger partial charge in [-0.2, -0.15) is 0 Å². The highest BCUT2D eigenvalue weighted by molar-refractivity contribution is 6.01. The number of amides is 3. The second kappa shape index (κ2) is 7.30. The fraction of sp³-hybridized carbons (Fsp3) is 0.250. The summed E-state index contributed by atoms with van der Waals surface area (Å²) in [6, 6.07) is 16.7. The Bertz CT molecular complexity index is 768. The maximum Gasteiger partial charge on any atom is 0.251 e. The highest BCUT2D eigenvalue weighted by Gasteiger charge is 2.28. The van der Waals surface area contributed by atoms with Crippen LogP contribution in [0.4, 0.5) is 0 Å². The standard InChI is InChI=1S/C20H20N2O3/c1-14(16-5-3-2-4-6-16)21-20(25)17-9-7-15(8-10-17)13-22-18(23)11-12-19(22)24/h2-10,14H,11-13H2,1H3,(H,21,25)/t14-/m1/s1. The van der Waals surface area contributed by atoms with Crippen LogP contribution in [0.3, 0.4) is 0 Å². The van der Waals surface area contributed by atoms with Crippen molar-refractivity contribution in [2.24, 2.45) is 0 Å². The van der Waals surface area contributed by atoms with Crippen molar-refractivity contribution in [3.8, 4) is 0 Å². The van der Waals surface area contributed by atoms with Crippen LogP contribution in [0.25, 0.3) is 0 Å². The summed E-state index contributed by atoms with van der Waals surface area (Å²) >= 11 is 0. The van der Waals surface area contributed by atoms with E-state index in [0.717, 1.165) is 11.1 Å². The van der Waals surface area contributed by atoms with E-state index in [4.69, 9.17) is 0 Å². The number of carbonyl (C=O) groups excluding carboxylic acids is 3. The van der Waals surface area contributed by atoms with Gasteiger partial charge in [0.2, 0.25) is 11.8 Å². The summed E-state index contributed by atoms with van der Waals surface area (Å²) in [5.41, 5.74) is 2.42. The fourth-order valence-corrected chi connectivity index (χ4v) is 2.85. The number of hydrogen-bond acceptors (Lipinski definition) is 3. The van der Waals surface area contributed by atoms with E-state index in [1.165, 1.54) is 4.90 Å². The number of carbonyl (C=O) groups is 3. The molecule has 0 aromatic heterocycles. The van der Waals surface area contributed by atoms with Gasteiger partial charge in [0.1, 0.15) is 0 Å². The van der Waals surface area contributed by atoms with Gasteiger partial charge >= 0.3 is 0 Å². The van der Waals surface area contributed by atoms with Gasteiger partial charge < -0.3 is 5.32 Å². The van der Waals surface area contributed by atoms with Gasteiger partial charge in [0, 0.05) is 18.4 Å². The monoisotopic (exact) mass is 336 g/mol. The third-order valence-corrected chi connectivity index (χ3v) is 4.36. The first-order valence-electron chi connectivity index (χ1n) is 8.32. The molecule has 1 heterocycles. The van der Waals surface area contributed by atoms with E-state index >= 15 is 0 Å². The molecule has 0 aliphatic carbocycles. The van der Waals surface area contributed by atoms with Crippen molar-refractivity contribution >= 4 is 17.7 Å². The third kappa shape index (κ3) is 3.94. The summed E-state index contributed by atoms with van der Waals surface area (Å²) in [6.07, 6.45) is 0.577. The maximum absolute atomic E-state index is 12.4. The predicted molar refractivity (Wildman–Crippen MR) is 93.6 cm³/mol. The highest BCUT2D eigenvalue weighted by Crippen LogP contribution is 2.17. The van der Waals surface area contributed by atoms with Crippen molar-refractivity contribution in [1.29, 1.82) is 0 Å². The van der Waals surface area contributed by atoms with Crippen molar-refractivity contribution in [2.45, 2.75) is 32.4 Å². The van der Waals surface area contributed by atoms with E-state index < -0.39 is 0 Å². The summed E-state index contributed by atoms with van der Waals surface area (Å²) in [5.74, 6) is -0.428. The molecule has 0 unspecified atom stereocenters. The van der Waals surface area contributed by atoms with Crippen LogP contribution >= 0.6 is 0 Å². The van der Waals surface area contributed by atoms with Crippen LogP contribution in [0.5, 0.6) is 0 Å². The lowest BCUT2D eigenvalue weighted by Crippen LogP contribution is -2.28. The van der Waals surface area contributed by atoms with E-state index in [0.29, 0.717) is 5.56 Å². The molecular formula is C20H20N2O3. The molecule has 5 heteroatoms. The Kier molecular flexibility index (Phi) is 4.93. The lowest BCUT2D eigenvalue weighted by molar-refractivity contribution is -0.139. The molecule has 0 spiro atoms. The maximum atomic E-state index is 12.4. The number of nitrogens with zero attached hydrogens (tertiary/aromatic N) is 1. The van der Waals surface area contributed by atoms with E-state index in [9.17, 15) is 14.4 Å². The zero-order valence-electron chi connectivity index (χ0n) is 14.1. The molecule has 0 radical (unpaired) electrons. The smallest absolute Gasteiger partial charge is 0.251 e. The lowest BCUT2D eigenvalue weighted by atomic mass is 10.1. The van der Waals surface area contributed by atoms with Crippen molar-refractivity contribution in [1.82, 2.24) is 10.2 Å². The Morgan fingerprint density at radius 3 is 2.20 bits per heavy atom. The van der Waals surface area contributed by atoms with Crippen molar-refractivity contribution in [3.05, 3.63) is 71.3 Å². The number of rotatable bonds is 5. The molecule has 25 heavy (non-hydrogen) atoms. The van der Waals surface area contributed by atoms with Gasteiger partial charge in [0.05, 0.1) is 12.6 Å². The summed E-state index contributed by atoms with van der Waals surface area (Å²) in [7, 11) is 0. The normalized spacial score (nSPS) is 15.3. The summed E-state index contributed by atoms with van der Waals surface area (Å²) in [6.45, 7) is 2.20. The molecule has 128 valence electrons. The SMILES string of the molecule is C[C@@H](NC(=O)c1ccc(CN2C(=O)CCC2=O)cc1)c1ccccc1. The molecule has 0 bridgehead atoms. The number of likely N-dealkylation sites (tertiary alicyclic amines) is 1. The van der Waals surface area contributed by atoms with Crippen molar-refractivity contribution in [3.63, 3.8) is 0 Å². The first kappa shape index (κ1) is 16.9. The molecule has 1 fully saturated rings. The molecule has 1 atom stereocenters. The molecule has 2 aromatic rings. The molecule has 1 N–H and O–H groups in total. The Morgan fingerprint density at radius 1 is 1.00 bits per heavy atom. The summed E-state index contributed by atoms with van der Waals surface area (Å²) in [5, 5.41) is 2.96.